The number of nitrogens with one attached hydrogen (secondary N) is 2. The minimum atomic E-state index is -1.09. The van der Waals surface area contributed by atoms with Crippen molar-refractivity contribution in [2.24, 2.45) is 5.92 Å². The van der Waals surface area contributed by atoms with E-state index in [1.807, 2.05) is 38.1 Å². The average molecular weight is 468 g/mol. The van der Waals surface area contributed by atoms with Crippen molar-refractivity contribution in [2.45, 2.75) is 68.5 Å². The number of hydrogen-bond donors (Lipinski definition) is 2. The fourth-order valence-electron chi connectivity index (χ4n) is 5.09. The van der Waals surface area contributed by atoms with Crippen LogP contribution < -0.4 is 10.6 Å². The van der Waals surface area contributed by atoms with Gasteiger partial charge in [0.15, 0.2) is 0 Å². The molecule has 2 aromatic carbocycles. The van der Waals surface area contributed by atoms with Crippen LogP contribution in [0, 0.1) is 23.1 Å². The predicted molar refractivity (Wildman–Crippen MR) is 128 cm³/mol. The Kier molecular flexibility index (Phi) is 6.96. The Morgan fingerprint density at radius 3 is 2.55 bits per heavy atom. The summed E-state index contributed by atoms with van der Waals surface area (Å²) in [5, 5.41) is 15.7. The second-order valence-corrected chi connectivity index (χ2v) is 10.8. The third-order valence-electron chi connectivity index (χ3n) is 6.87. The van der Waals surface area contributed by atoms with Crippen LogP contribution >= 0.6 is 0 Å². The lowest BCUT2D eigenvalue weighted by Crippen LogP contribution is -2.50. The van der Waals surface area contributed by atoms with E-state index in [2.05, 4.69) is 16.7 Å². The second kappa shape index (κ2) is 9.74. The molecule has 0 spiro atoms. The van der Waals surface area contributed by atoms with Crippen molar-refractivity contribution in [3.05, 3.63) is 53.3 Å². The molecule has 33 heavy (non-hydrogen) atoms. The van der Waals surface area contributed by atoms with E-state index >= 15 is 0 Å². The quantitative estimate of drug-likeness (QED) is 0.644. The first-order chi connectivity index (χ1) is 15.8. The SMILES string of the molecule is CC(C)c1cc(-c2ccc(C[C@@H](C#N)NC(=O)C3NC4CCC3C4)c(F)c2)ccc1S(C)=O. The Bertz CT molecular complexity index is 1130. The lowest BCUT2D eigenvalue weighted by Gasteiger charge is -2.23. The molecule has 1 saturated heterocycles. The van der Waals surface area contributed by atoms with Crippen molar-refractivity contribution in [1.29, 1.82) is 5.26 Å². The minimum Gasteiger partial charge on any atom is -0.339 e. The minimum absolute atomic E-state index is 0.111. The summed E-state index contributed by atoms with van der Waals surface area (Å²) in [6.45, 7) is 4.09. The number of carbonyl (C=O) groups is 1. The topological polar surface area (TPSA) is 82.0 Å². The summed E-state index contributed by atoms with van der Waals surface area (Å²) in [5.41, 5.74) is 2.95. The number of nitriles is 1. The molecule has 4 unspecified atom stereocenters. The summed E-state index contributed by atoms with van der Waals surface area (Å²) >= 11 is 0. The van der Waals surface area contributed by atoms with Gasteiger partial charge in [0, 0.05) is 23.6 Å². The van der Waals surface area contributed by atoms with E-state index in [9.17, 15) is 18.7 Å². The molecule has 1 amide bonds. The highest BCUT2D eigenvalue weighted by Crippen LogP contribution is 2.35. The molecule has 1 aliphatic heterocycles. The number of hydrogen-bond acceptors (Lipinski definition) is 4. The Labute approximate surface area is 197 Å². The summed E-state index contributed by atoms with van der Waals surface area (Å²) in [5.74, 6) is -0.0511. The lowest BCUT2D eigenvalue weighted by atomic mass is 9.95. The standard InChI is InChI=1S/C26H30FN3O2S/c1-15(2)22-12-16(7-9-24(22)33(3)32)17-4-5-18(23(27)13-17)10-21(14-28)30-26(31)25-19-6-8-20(11-19)29-25/h4-5,7,9,12-13,15,19-21,25,29H,6,8,10-11H2,1-3H3,(H,30,31)/t19?,20?,21-,25?,33?/m0/s1. The molecule has 1 heterocycles. The first-order valence-corrected chi connectivity index (χ1v) is 13.0. The fourth-order valence-corrected chi connectivity index (χ4v) is 5.98. The number of piperidine rings is 1. The fraction of sp³-hybridized carbons (Fsp3) is 0.462. The molecule has 1 saturated carbocycles. The van der Waals surface area contributed by atoms with Crippen molar-refractivity contribution < 1.29 is 13.4 Å². The van der Waals surface area contributed by atoms with Gasteiger partial charge in [0.25, 0.3) is 0 Å². The van der Waals surface area contributed by atoms with Gasteiger partial charge < -0.3 is 10.6 Å². The van der Waals surface area contributed by atoms with Gasteiger partial charge in [0.05, 0.1) is 22.9 Å². The zero-order chi connectivity index (χ0) is 23.7. The van der Waals surface area contributed by atoms with Crippen LogP contribution in [0.5, 0.6) is 0 Å². The molecular weight excluding hydrogens is 437 g/mol. The van der Waals surface area contributed by atoms with Crippen LogP contribution in [0.15, 0.2) is 41.3 Å². The van der Waals surface area contributed by atoms with Crippen LogP contribution in [0.4, 0.5) is 4.39 Å². The van der Waals surface area contributed by atoms with Crippen LogP contribution in [-0.2, 0) is 22.0 Å². The summed E-state index contributed by atoms with van der Waals surface area (Å²) in [7, 11) is -1.09. The van der Waals surface area contributed by atoms with Crippen molar-refractivity contribution >= 4 is 16.7 Å². The number of nitrogens with zero attached hydrogens (tertiary/aromatic N) is 1. The van der Waals surface area contributed by atoms with Crippen LogP contribution in [-0.4, -0.2) is 34.5 Å². The van der Waals surface area contributed by atoms with Gasteiger partial charge in [-0.2, -0.15) is 5.26 Å². The Balaban J connectivity index is 1.48. The van der Waals surface area contributed by atoms with Gasteiger partial charge in [-0.15, -0.1) is 0 Å². The van der Waals surface area contributed by atoms with E-state index in [-0.39, 0.29) is 24.3 Å². The Morgan fingerprint density at radius 1 is 1.24 bits per heavy atom. The number of carbonyl (C=O) groups excluding carboxylic acids is 1. The molecule has 2 bridgehead atoms. The molecule has 174 valence electrons. The zero-order valence-electron chi connectivity index (χ0n) is 19.2. The molecule has 0 radical (unpaired) electrons. The van der Waals surface area contributed by atoms with Crippen molar-refractivity contribution in [1.82, 2.24) is 10.6 Å². The number of rotatable bonds is 7. The van der Waals surface area contributed by atoms with Crippen LogP contribution in [0.3, 0.4) is 0 Å². The van der Waals surface area contributed by atoms with Gasteiger partial charge in [-0.3, -0.25) is 9.00 Å². The van der Waals surface area contributed by atoms with Gasteiger partial charge >= 0.3 is 0 Å². The highest BCUT2D eigenvalue weighted by atomic mass is 32.2. The van der Waals surface area contributed by atoms with E-state index in [0.29, 0.717) is 17.5 Å². The lowest BCUT2D eigenvalue weighted by molar-refractivity contribution is -0.124. The van der Waals surface area contributed by atoms with Gasteiger partial charge in [0.1, 0.15) is 11.9 Å². The van der Waals surface area contributed by atoms with Gasteiger partial charge in [0.2, 0.25) is 5.91 Å². The maximum atomic E-state index is 15.0. The first kappa shape index (κ1) is 23.6. The molecule has 5 nitrogen and oxygen atoms in total. The summed E-state index contributed by atoms with van der Waals surface area (Å²) < 4.78 is 27.0. The predicted octanol–water partition coefficient (Wildman–Crippen LogP) is 4.04. The summed E-state index contributed by atoms with van der Waals surface area (Å²) in [6.07, 6.45) is 4.92. The van der Waals surface area contributed by atoms with Gasteiger partial charge in [-0.25, -0.2) is 4.39 Å². The largest absolute Gasteiger partial charge is 0.339 e. The molecule has 2 aliphatic rings. The number of amides is 1. The first-order valence-electron chi connectivity index (χ1n) is 11.5. The van der Waals surface area contributed by atoms with E-state index in [0.717, 1.165) is 40.8 Å². The normalized spacial score (nSPS) is 23.3. The highest BCUT2D eigenvalue weighted by Gasteiger charge is 2.43. The Morgan fingerprint density at radius 2 is 1.97 bits per heavy atom. The van der Waals surface area contributed by atoms with Crippen LogP contribution in [0.25, 0.3) is 11.1 Å². The summed E-state index contributed by atoms with van der Waals surface area (Å²) in [4.78, 5) is 13.4. The number of halogens is 1. The van der Waals surface area contributed by atoms with E-state index in [4.69, 9.17) is 0 Å². The number of fused-ring (bicyclic) bond motifs is 2. The van der Waals surface area contributed by atoms with Crippen molar-refractivity contribution in [3.8, 4) is 17.2 Å². The Hall–Kier alpha value is -2.56. The molecular formula is C26H30FN3O2S. The number of benzene rings is 2. The van der Waals surface area contributed by atoms with Gasteiger partial charge in [-0.1, -0.05) is 32.0 Å². The third-order valence-corrected chi connectivity index (χ3v) is 7.86. The molecule has 5 atom stereocenters. The second-order valence-electron chi connectivity index (χ2n) is 9.48. The molecule has 2 aromatic rings. The molecule has 4 rings (SSSR count). The monoisotopic (exact) mass is 467 g/mol. The highest BCUT2D eigenvalue weighted by molar-refractivity contribution is 7.84. The maximum Gasteiger partial charge on any atom is 0.238 e. The molecule has 7 heteroatoms. The third kappa shape index (κ3) is 5.02. The summed E-state index contributed by atoms with van der Waals surface area (Å²) in [6, 6.07) is 12.1. The molecule has 1 aliphatic carbocycles. The van der Waals surface area contributed by atoms with Crippen LogP contribution in [0.1, 0.15) is 50.2 Å². The van der Waals surface area contributed by atoms with Crippen molar-refractivity contribution in [2.75, 3.05) is 6.26 Å². The molecule has 2 fully saturated rings. The van der Waals surface area contributed by atoms with Crippen LogP contribution in [0.2, 0.25) is 0 Å². The molecule has 0 aromatic heterocycles. The maximum absolute atomic E-state index is 15.0. The molecule has 2 N–H and O–H groups in total. The van der Waals surface area contributed by atoms with E-state index < -0.39 is 22.7 Å². The van der Waals surface area contributed by atoms with E-state index in [1.165, 1.54) is 6.07 Å². The smallest absolute Gasteiger partial charge is 0.238 e. The average Bonchev–Trinajstić information content (AvgIpc) is 3.43. The van der Waals surface area contributed by atoms with Gasteiger partial charge in [-0.05, 0) is 71.6 Å². The van der Waals surface area contributed by atoms with Crippen molar-refractivity contribution in [3.63, 3.8) is 0 Å². The van der Waals surface area contributed by atoms with E-state index in [1.54, 1.807) is 12.3 Å². The zero-order valence-corrected chi connectivity index (χ0v) is 20.0.